The average Bonchev–Trinajstić information content (AvgIpc) is 2.47. The topological polar surface area (TPSA) is 36.9 Å². The van der Waals surface area contributed by atoms with E-state index in [1.54, 1.807) is 0 Å². The van der Waals surface area contributed by atoms with Crippen LogP contribution in [0.1, 0.15) is 33.1 Å². The fourth-order valence-corrected chi connectivity index (χ4v) is 2.44. The van der Waals surface area contributed by atoms with E-state index in [4.69, 9.17) is 18.9 Å². The van der Waals surface area contributed by atoms with Crippen molar-refractivity contribution in [2.24, 2.45) is 11.8 Å². The van der Waals surface area contributed by atoms with Gasteiger partial charge in [0.05, 0.1) is 32.3 Å². The highest BCUT2D eigenvalue weighted by Gasteiger charge is 2.32. The van der Waals surface area contributed by atoms with Crippen molar-refractivity contribution in [3.8, 4) is 0 Å². The smallest absolute Gasteiger partial charge is 0.164 e. The Morgan fingerprint density at radius 2 is 1.68 bits per heavy atom. The van der Waals surface area contributed by atoms with E-state index in [9.17, 15) is 0 Å². The second kappa shape index (κ2) is 8.00. The maximum Gasteiger partial charge on any atom is 0.164 e. The minimum atomic E-state index is -0.173. The zero-order chi connectivity index (χ0) is 13.5. The number of unbranched alkanes of at least 4 members (excludes halogenated alkanes) is 1. The number of hydrogen-bond donors (Lipinski definition) is 0. The molecular weight excluding hydrogens is 244 g/mol. The molecule has 2 rings (SSSR count). The SMILES string of the molecule is CC=CC1COC(C2COC(CCCC)OC2)OC1. The third kappa shape index (κ3) is 4.56. The van der Waals surface area contributed by atoms with E-state index in [0.29, 0.717) is 19.1 Å². The summed E-state index contributed by atoms with van der Waals surface area (Å²) in [6.07, 6.45) is 7.28. The molecule has 0 atom stereocenters. The molecule has 0 aromatic heterocycles. The molecule has 0 N–H and O–H groups in total. The molecule has 4 nitrogen and oxygen atoms in total. The normalized spacial score (nSPS) is 36.7. The van der Waals surface area contributed by atoms with E-state index in [1.165, 1.54) is 6.42 Å². The minimum absolute atomic E-state index is 0.0319. The van der Waals surface area contributed by atoms with Gasteiger partial charge in [0, 0.05) is 5.92 Å². The van der Waals surface area contributed by atoms with Gasteiger partial charge in [0.1, 0.15) is 0 Å². The van der Waals surface area contributed by atoms with E-state index >= 15 is 0 Å². The summed E-state index contributed by atoms with van der Waals surface area (Å²) in [4.78, 5) is 0. The van der Waals surface area contributed by atoms with Gasteiger partial charge in [0.2, 0.25) is 0 Å². The molecule has 4 heteroatoms. The molecule has 2 aliphatic rings. The lowest BCUT2D eigenvalue weighted by Crippen LogP contribution is -2.44. The van der Waals surface area contributed by atoms with Crippen molar-refractivity contribution in [2.45, 2.75) is 45.7 Å². The third-order valence-electron chi connectivity index (χ3n) is 3.58. The van der Waals surface area contributed by atoms with Crippen LogP contribution in [0.3, 0.4) is 0 Å². The molecule has 2 saturated heterocycles. The summed E-state index contributed by atoms with van der Waals surface area (Å²) in [6, 6.07) is 0. The molecule has 0 radical (unpaired) electrons. The molecule has 0 unspecified atom stereocenters. The minimum Gasteiger partial charge on any atom is -0.352 e. The van der Waals surface area contributed by atoms with Gasteiger partial charge in [0.15, 0.2) is 12.6 Å². The lowest BCUT2D eigenvalue weighted by molar-refractivity contribution is -0.278. The van der Waals surface area contributed by atoms with Gasteiger partial charge in [-0.25, -0.2) is 0 Å². The average molecular weight is 270 g/mol. The molecule has 0 aromatic rings. The Bertz CT molecular complexity index is 263. The van der Waals surface area contributed by atoms with Gasteiger partial charge in [0.25, 0.3) is 0 Å². The third-order valence-corrected chi connectivity index (χ3v) is 3.58. The zero-order valence-electron chi connectivity index (χ0n) is 12.0. The van der Waals surface area contributed by atoms with Crippen LogP contribution in [0.15, 0.2) is 12.2 Å². The molecule has 0 amide bonds. The van der Waals surface area contributed by atoms with Gasteiger partial charge in [-0.2, -0.15) is 0 Å². The van der Waals surface area contributed by atoms with Crippen molar-refractivity contribution in [1.82, 2.24) is 0 Å². The highest BCUT2D eigenvalue weighted by molar-refractivity contribution is 4.87. The largest absolute Gasteiger partial charge is 0.352 e. The van der Waals surface area contributed by atoms with Crippen molar-refractivity contribution < 1.29 is 18.9 Å². The molecule has 0 aliphatic carbocycles. The lowest BCUT2D eigenvalue weighted by atomic mass is 10.1. The van der Waals surface area contributed by atoms with Crippen LogP contribution in [0, 0.1) is 11.8 Å². The van der Waals surface area contributed by atoms with E-state index in [2.05, 4.69) is 13.0 Å². The van der Waals surface area contributed by atoms with Crippen molar-refractivity contribution in [2.75, 3.05) is 26.4 Å². The summed E-state index contributed by atoms with van der Waals surface area (Å²) in [5.74, 6) is 0.577. The Balaban J connectivity index is 1.68. The van der Waals surface area contributed by atoms with E-state index in [1.807, 2.05) is 13.0 Å². The highest BCUT2D eigenvalue weighted by Crippen LogP contribution is 2.24. The van der Waals surface area contributed by atoms with Crippen LogP contribution < -0.4 is 0 Å². The van der Waals surface area contributed by atoms with Crippen LogP contribution >= 0.6 is 0 Å². The second-order valence-electron chi connectivity index (χ2n) is 5.32. The van der Waals surface area contributed by atoms with Crippen molar-refractivity contribution in [1.29, 1.82) is 0 Å². The first-order valence-electron chi connectivity index (χ1n) is 7.42. The predicted molar refractivity (Wildman–Crippen MR) is 72.7 cm³/mol. The first-order chi connectivity index (χ1) is 9.33. The van der Waals surface area contributed by atoms with Crippen LogP contribution in [0.4, 0.5) is 0 Å². The van der Waals surface area contributed by atoms with Crippen molar-refractivity contribution in [3.63, 3.8) is 0 Å². The van der Waals surface area contributed by atoms with Gasteiger partial charge >= 0.3 is 0 Å². The Hall–Kier alpha value is -0.420. The van der Waals surface area contributed by atoms with Crippen molar-refractivity contribution >= 4 is 0 Å². The Morgan fingerprint density at radius 3 is 2.26 bits per heavy atom. The molecule has 0 saturated carbocycles. The van der Waals surface area contributed by atoms with E-state index in [-0.39, 0.29) is 18.5 Å². The first kappa shape index (κ1) is 15.0. The Kier molecular flexibility index (Phi) is 6.31. The molecule has 0 aromatic carbocycles. The molecule has 2 fully saturated rings. The second-order valence-corrected chi connectivity index (χ2v) is 5.32. The number of allylic oxidation sites excluding steroid dienone is 1. The Morgan fingerprint density at radius 1 is 1.00 bits per heavy atom. The number of hydrogen-bond acceptors (Lipinski definition) is 4. The van der Waals surface area contributed by atoms with Gasteiger partial charge in [-0.1, -0.05) is 25.5 Å². The predicted octanol–water partition coefficient (Wildman–Crippen LogP) is 2.73. The van der Waals surface area contributed by atoms with Gasteiger partial charge in [-0.3, -0.25) is 0 Å². The standard InChI is InChI=1S/C15H26O4/c1-3-5-7-14-16-10-13(11-17-14)15-18-8-12(6-4-2)9-19-15/h4,6,12-15H,3,5,7-11H2,1-2H3. The summed E-state index contributed by atoms with van der Waals surface area (Å²) in [7, 11) is 0. The summed E-state index contributed by atoms with van der Waals surface area (Å²) in [5.41, 5.74) is 0. The molecular formula is C15H26O4. The van der Waals surface area contributed by atoms with Crippen LogP contribution in [-0.2, 0) is 18.9 Å². The molecule has 0 spiro atoms. The van der Waals surface area contributed by atoms with Gasteiger partial charge in [-0.15, -0.1) is 0 Å². The number of rotatable bonds is 5. The van der Waals surface area contributed by atoms with Gasteiger partial charge in [-0.05, 0) is 19.8 Å². The van der Waals surface area contributed by atoms with E-state index in [0.717, 1.165) is 26.1 Å². The highest BCUT2D eigenvalue weighted by atomic mass is 16.7. The van der Waals surface area contributed by atoms with Gasteiger partial charge < -0.3 is 18.9 Å². The first-order valence-corrected chi connectivity index (χ1v) is 7.42. The maximum atomic E-state index is 5.77. The summed E-state index contributed by atoms with van der Waals surface area (Å²) in [5, 5.41) is 0. The monoisotopic (exact) mass is 270 g/mol. The summed E-state index contributed by atoms with van der Waals surface area (Å²) >= 11 is 0. The summed E-state index contributed by atoms with van der Waals surface area (Å²) in [6.45, 7) is 7.00. The Labute approximate surface area is 116 Å². The van der Waals surface area contributed by atoms with E-state index < -0.39 is 0 Å². The van der Waals surface area contributed by atoms with Crippen LogP contribution in [-0.4, -0.2) is 39.0 Å². The molecule has 110 valence electrons. The fourth-order valence-electron chi connectivity index (χ4n) is 2.44. The fraction of sp³-hybridized carbons (Fsp3) is 0.867. The molecule has 2 aliphatic heterocycles. The van der Waals surface area contributed by atoms with Crippen LogP contribution in [0.2, 0.25) is 0 Å². The zero-order valence-corrected chi connectivity index (χ0v) is 12.0. The molecule has 0 bridgehead atoms. The molecule has 19 heavy (non-hydrogen) atoms. The number of ether oxygens (including phenoxy) is 4. The summed E-state index contributed by atoms with van der Waals surface area (Å²) < 4.78 is 23.0. The quantitative estimate of drug-likeness (QED) is 0.720. The molecule has 2 heterocycles. The lowest BCUT2D eigenvalue weighted by Gasteiger charge is -2.37. The van der Waals surface area contributed by atoms with Crippen molar-refractivity contribution in [3.05, 3.63) is 12.2 Å². The maximum absolute atomic E-state index is 5.77. The van der Waals surface area contributed by atoms with Crippen LogP contribution in [0.25, 0.3) is 0 Å². The van der Waals surface area contributed by atoms with Crippen LogP contribution in [0.5, 0.6) is 0 Å².